The second kappa shape index (κ2) is 5.38. The van der Waals surface area contributed by atoms with Gasteiger partial charge in [-0.3, -0.25) is 9.78 Å². The van der Waals surface area contributed by atoms with Crippen molar-refractivity contribution in [3.8, 4) is 0 Å². The second-order valence-electron chi connectivity index (χ2n) is 5.73. The molecule has 0 spiro atoms. The summed E-state index contributed by atoms with van der Waals surface area (Å²) in [5, 5.41) is 9.42. The van der Waals surface area contributed by atoms with Crippen LogP contribution in [0.25, 0.3) is 0 Å². The molecule has 1 aromatic heterocycles. The lowest BCUT2D eigenvalue weighted by molar-refractivity contribution is -0.141. The van der Waals surface area contributed by atoms with Crippen LogP contribution in [0, 0.1) is 5.92 Å². The van der Waals surface area contributed by atoms with E-state index in [1.165, 1.54) is 22.8 Å². The molecule has 1 saturated carbocycles. The minimum Gasteiger partial charge on any atom is -0.480 e. The van der Waals surface area contributed by atoms with E-state index in [1.807, 2.05) is 0 Å². The third-order valence-corrected chi connectivity index (χ3v) is 6.44. The van der Waals surface area contributed by atoms with Crippen molar-refractivity contribution >= 4 is 16.0 Å². The Morgan fingerprint density at radius 3 is 2.76 bits per heavy atom. The first kappa shape index (κ1) is 14.5. The molecule has 3 rings (SSSR count). The Morgan fingerprint density at radius 1 is 1.33 bits per heavy atom. The van der Waals surface area contributed by atoms with Gasteiger partial charge in [-0.2, -0.15) is 4.31 Å². The molecule has 21 heavy (non-hydrogen) atoms. The molecule has 2 heterocycles. The van der Waals surface area contributed by atoms with Gasteiger partial charge >= 0.3 is 5.97 Å². The van der Waals surface area contributed by atoms with E-state index in [4.69, 9.17) is 0 Å². The molecule has 0 amide bonds. The highest BCUT2D eigenvalue weighted by atomic mass is 32.2. The zero-order valence-corrected chi connectivity index (χ0v) is 12.4. The zero-order valence-electron chi connectivity index (χ0n) is 11.6. The Labute approximate surface area is 123 Å². The van der Waals surface area contributed by atoms with Crippen molar-refractivity contribution in [3.05, 3.63) is 24.5 Å². The standard InChI is InChI=1S/C14H18N2O4S/c17-14(18)13-8-10-4-1-2-6-12(10)16(13)21(19,20)11-5-3-7-15-9-11/h3,5,7,9-10,12-13H,1-2,4,6,8H2,(H,17,18). The highest BCUT2D eigenvalue weighted by Gasteiger charge is 2.51. The van der Waals surface area contributed by atoms with Crippen molar-refractivity contribution in [2.75, 3.05) is 0 Å². The highest BCUT2D eigenvalue weighted by molar-refractivity contribution is 7.89. The topological polar surface area (TPSA) is 87.6 Å². The van der Waals surface area contributed by atoms with Crippen LogP contribution in [-0.2, 0) is 14.8 Å². The van der Waals surface area contributed by atoms with Gasteiger partial charge in [0.1, 0.15) is 10.9 Å². The number of nitrogens with zero attached hydrogens (tertiary/aromatic N) is 2. The van der Waals surface area contributed by atoms with Crippen LogP contribution in [0.4, 0.5) is 0 Å². The predicted molar refractivity (Wildman–Crippen MR) is 75.0 cm³/mol. The maximum atomic E-state index is 12.8. The van der Waals surface area contributed by atoms with Crippen LogP contribution in [0.5, 0.6) is 0 Å². The number of hydrogen-bond acceptors (Lipinski definition) is 4. The molecule has 2 fully saturated rings. The normalized spacial score (nSPS) is 30.0. The van der Waals surface area contributed by atoms with Gasteiger partial charge < -0.3 is 5.11 Å². The maximum absolute atomic E-state index is 12.8. The summed E-state index contributed by atoms with van der Waals surface area (Å²) in [6, 6.07) is 1.88. The zero-order chi connectivity index (χ0) is 15.0. The van der Waals surface area contributed by atoms with E-state index in [2.05, 4.69) is 4.98 Å². The largest absolute Gasteiger partial charge is 0.480 e. The first-order valence-electron chi connectivity index (χ1n) is 7.18. The lowest BCUT2D eigenvalue weighted by atomic mass is 9.85. The lowest BCUT2D eigenvalue weighted by Gasteiger charge is -2.31. The molecule has 1 aromatic rings. The number of sulfonamides is 1. The minimum atomic E-state index is -3.81. The Bertz CT molecular complexity index is 632. The summed E-state index contributed by atoms with van der Waals surface area (Å²) >= 11 is 0. The average molecular weight is 310 g/mol. The molecule has 6 nitrogen and oxygen atoms in total. The molecule has 0 bridgehead atoms. The van der Waals surface area contributed by atoms with Gasteiger partial charge in [0.05, 0.1) is 0 Å². The Balaban J connectivity index is 2.02. The first-order valence-corrected chi connectivity index (χ1v) is 8.62. The predicted octanol–water partition coefficient (Wildman–Crippen LogP) is 1.49. The van der Waals surface area contributed by atoms with Crippen LogP contribution in [0.15, 0.2) is 29.4 Å². The summed E-state index contributed by atoms with van der Waals surface area (Å²) in [6.45, 7) is 0. The van der Waals surface area contributed by atoms with Gasteiger partial charge in [0.2, 0.25) is 10.0 Å². The van der Waals surface area contributed by atoms with E-state index < -0.39 is 22.0 Å². The van der Waals surface area contributed by atoms with Gasteiger partial charge in [-0.1, -0.05) is 12.8 Å². The van der Waals surface area contributed by atoms with Gasteiger partial charge in [0.25, 0.3) is 0 Å². The van der Waals surface area contributed by atoms with Crippen LogP contribution in [0.1, 0.15) is 32.1 Å². The van der Waals surface area contributed by atoms with Crippen LogP contribution < -0.4 is 0 Å². The molecular weight excluding hydrogens is 292 g/mol. The van der Waals surface area contributed by atoms with E-state index in [9.17, 15) is 18.3 Å². The molecule has 3 unspecified atom stereocenters. The van der Waals surface area contributed by atoms with Gasteiger partial charge in [0.15, 0.2) is 0 Å². The molecule has 2 aliphatic rings. The molecule has 0 radical (unpaired) electrons. The van der Waals surface area contributed by atoms with E-state index in [-0.39, 0.29) is 16.9 Å². The number of carboxylic acids is 1. The van der Waals surface area contributed by atoms with Gasteiger partial charge in [-0.15, -0.1) is 0 Å². The van der Waals surface area contributed by atoms with Crippen LogP contribution >= 0.6 is 0 Å². The summed E-state index contributed by atoms with van der Waals surface area (Å²) in [5.74, 6) is -0.900. The second-order valence-corrected chi connectivity index (χ2v) is 7.57. The summed E-state index contributed by atoms with van der Waals surface area (Å²) in [7, 11) is -3.81. The van der Waals surface area contributed by atoms with E-state index in [0.29, 0.717) is 6.42 Å². The molecule has 7 heteroatoms. The number of carbonyl (C=O) groups is 1. The number of hydrogen-bond donors (Lipinski definition) is 1. The van der Waals surface area contributed by atoms with E-state index >= 15 is 0 Å². The molecule has 114 valence electrons. The Hall–Kier alpha value is -1.47. The summed E-state index contributed by atoms with van der Waals surface area (Å²) in [4.78, 5) is 15.4. The van der Waals surface area contributed by atoms with E-state index in [0.717, 1.165) is 25.7 Å². The Kier molecular flexibility index (Phi) is 3.71. The van der Waals surface area contributed by atoms with Crippen LogP contribution in [0.2, 0.25) is 0 Å². The van der Waals surface area contributed by atoms with Gasteiger partial charge in [0, 0.05) is 18.4 Å². The van der Waals surface area contributed by atoms with Crippen molar-refractivity contribution in [1.82, 2.24) is 9.29 Å². The van der Waals surface area contributed by atoms with Crippen molar-refractivity contribution < 1.29 is 18.3 Å². The van der Waals surface area contributed by atoms with Gasteiger partial charge in [-0.05, 0) is 37.3 Å². The van der Waals surface area contributed by atoms with Crippen LogP contribution in [0.3, 0.4) is 0 Å². The highest BCUT2D eigenvalue weighted by Crippen LogP contribution is 2.42. The van der Waals surface area contributed by atoms with Crippen molar-refractivity contribution in [1.29, 1.82) is 0 Å². The third-order valence-electron chi connectivity index (χ3n) is 4.52. The molecule has 1 saturated heterocycles. The number of aromatic nitrogens is 1. The van der Waals surface area contributed by atoms with Crippen molar-refractivity contribution in [2.24, 2.45) is 5.92 Å². The number of fused-ring (bicyclic) bond motifs is 1. The van der Waals surface area contributed by atoms with Crippen LogP contribution in [-0.4, -0.2) is 40.9 Å². The van der Waals surface area contributed by atoms with Gasteiger partial charge in [-0.25, -0.2) is 8.42 Å². The number of aliphatic carboxylic acids is 1. The molecule has 0 aromatic carbocycles. The maximum Gasteiger partial charge on any atom is 0.322 e. The minimum absolute atomic E-state index is 0.0717. The summed E-state index contributed by atoms with van der Waals surface area (Å²) < 4.78 is 26.9. The fourth-order valence-electron chi connectivity index (χ4n) is 3.60. The average Bonchev–Trinajstić information content (AvgIpc) is 2.88. The van der Waals surface area contributed by atoms with E-state index in [1.54, 1.807) is 6.07 Å². The SMILES string of the molecule is O=C(O)C1CC2CCCCC2N1S(=O)(=O)c1cccnc1. The molecule has 3 atom stereocenters. The van der Waals surface area contributed by atoms with Crippen molar-refractivity contribution in [2.45, 2.75) is 49.1 Å². The smallest absolute Gasteiger partial charge is 0.322 e. The number of carboxylic acid groups (broad SMARTS) is 1. The number of rotatable bonds is 3. The summed E-state index contributed by atoms with van der Waals surface area (Å²) in [6.07, 6.45) is 6.85. The summed E-state index contributed by atoms with van der Waals surface area (Å²) in [5.41, 5.74) is 0. The molecule has 1 aliphatic heterocycles. The third kappa shape index (κ3) is 2.44. The lowest BCUT2D eigenvalue weighted by Crippen LogP contribution is -2.46. The van der Waals surface area contributed by atoms with Crippen molar-refractivity contribution in [3.63, 3.8) is 0 Å². The molecule has 1 aliphatic carbocycles. The fourth-order valence-corrected chi connectivity index (χ4v) is 5.43. The quantitative estimate of drug-likeness (QED) is 0.914. The monoisotopic (exact) mass is 310 g/mol. The fraction of sp³-hybridized carbons (Fsp3) is 0.571. The Morgan fingerprint density at radius 2 is 2.10 bits per heavy atom. The first-order chi connectivity index (χ1) is 10.0. The molecular formula is C14H18N2O4S. The molecule has 1 N–H and O–H groups in total. The number of pyridine rings is 1.